The van der Waals surface area contributed by atoms with Gasteiger partial charge in [0.2, 0.25) is 0 Å². The summed E-state index contributed by atoms with van der Waals surface area (Å²) < 4.78 is 0. The molecule has 0 saturated heterocycles. The Balaban J connectivity index is 2.55. The summed E-state index contributed by atoms with van der Waals surface area (Å²) in [7, 11) is 0. The van der Waals surface area contributed by atoms with E-state index in [1.165, 1.54) is 6.92 Å². The highest BCUT2D eigenvalue weighted by Gasteiger charge is 2.13. The Hall–Kier alpha value is -1.88. The zero-order valence-electron chi connectivity index (χ0n) is 12.1. The summed E-state index contributed by atoms with van der Waals surface area (Å²) in [5, 5.41) is 14.6. The van der Waals surface area contributed by atoms with Crippen LogP contribution in [-0.4, -0.2) is 29.6 Å². The van der Waals surface area contributed by atoms with Gasteiger partial charge in [-0.1, -0.05) is 13.8 Å². The van der Waals surface area contributed by atoms with Gasteiger partial charge in [-0.2, -0.15) is 0 Å². The molecule has 0 saturated carbocycles. The van der Waals surface area contributed by atoms with E-state index in [0.717, 1.165) is 0 Å². The smallest absolute Gasteiger partial charge is 0.319 e. The molecule has 0 aliphatic heterocycles. The van der Waals surface area contributed by atoms with Gasteiger partial charge in [-0.05, 0) is 43.5 Å². The summed E-state index contributed by atoms with van der Waals surface area (Å²) in [6.07, 6.45) is 0.715. The number of rotatable bonds is 6. The van der Waals surface area contributed by atoms with E-state index in [0.29, 0.717) is 23.6 Å². The standard InChI is InChI=1S/C15H22N2O3/c1-10(2)8-14(9-18)17-15(20)16-13-6-4-12(5-7-13)11(3)19/h4-7,10,14,18H,8-9H2,1-3H3,(H2,16,17,20). The van der Waals surface area contributed by atoms with Crippen LogP contribution in [0.4, 0.5) is 10.5 Å². The van der Waals surface area contributed by atoms with Crippen molar-refractivity contribution in [1.82, 2.24) is 5.32 Å². The summed E-state index contributed by atoms with van der Waals surface area (Å²) in [6.45, 7) is 5.47. The van der Waals surface area contributed by atoms with Crippen LogP contribution in [0.15, 0.2) is 24.3 Å². The summed E-state index contributed by atoms with van der Waals surface area (Å²) in [5.41, 5.74) is 1.21. The molecule has 1 rings (SSSR count). The zero-order chi connectivity index (χ0) is 15.1. The zero-order valence-corrected chi connectivity index (χ0v) is 12.1. The minimum absolute atomic E-state index is 0.0155. The van der Waals surface area contributed by atoms with Gasteiger partial charge >= 0.3 is 6.03 Å². The van der Waals surface area contributed by atoms with Crippen molar-refractivity contribution in [2.24, 2.45) is 5.92 Å². The number of nitrogens with one attached hydrogen (secondary N) is 2. The number of hydrogen-bond acceptors (Lipinski definition) is 3. The van der Waals surface area contributed by atoms with Gasteiger partial charge in [0.05, 0.1) is 12.6 Å². The van der Waals surface area contributed by atoms with E-state index in [2.05, 4.69) is 10.6 Å². The molecule has 2 amide bonds. The van der Waals surface area contributed by atoms with Crippen molar-refractivity contribution in [1.29, 1.82) is 0 Å². The highest BCUT2D eigenvalue weighted by molar-refractivity contribution is 5.95. The molecule has 0 radical (unpaired) electrons. The second kappa shape index (κ2) is 7.65. The van der Waals surface area contributed by atoms with Gasteiger partial charge in [0.15, 0.2) is 5.78 Å². The largest absolute Gasteiger partial charge is 0.394 e. The lowest BCUT2D eigenvalue weighted by molar-refractivity contribution is 0.101. The second-order valence-corrected chi connectivity index (χ2v) is 5.24. The average Bonchev–Trinajstić information content (AvgIpc) is 2.37. The second-order valence-electron chi connectivity index (χ2n) is 5.24. The molecule has 5 heteroatoms. The van der Waals surface area contributed by atoms with E-state index in [-0.39, 0.29) is 24.5 Å². The highest BCUT2D eigenvalue weighted by Crippen LogP contribution is 2.10. The third-order valence-corrected chi connectivity index (χ3v) is 2.86. The normalized spacial score (nSPS) is 12.1. The SMILES string of the molecule is CC(=O)c1ccc(NC(=O)NC(CO)CC(C)C)cc1. The lowest BCUT2D eigenvalue weighted by Crippen LogP contribution is -2.40. The van der Waals surface area contributed by atoms with Gasteiger partial charge in [0, 0.05) is 11.3 Å². The van der Waals surface area contributed by atoms with Crippen molar-refractivity contribution in [3.63, 3.8) is 0 Å². The van der Waals surface area contributed by atoms with Crippen molar-refractivity contribution >= 4 is 17.5 Å². The van der Waals surface area contributed by atoms with E-state index < -0.39 is 0 Å². The highest BCUT2D eigenvalue weighted by atomic mass is 16.3. The molecule has 1 aromatic carbocycles. The summed E-state index contributed by atoms with van der Waals surface area (Å²) >= 11 is 0. The molecule has 110 valence electrons. The first-order valence-corrected chi connectivity index (χ1v) is 6.71. The van der Waals surface area contributed by atoms with Crippen molar-refractivity contribution in [2.75, 3.05) is 11.9 Å². The van der Waals surface area contributed by atoms with Crippen molar-refractivity contribution in [3.05, 3.63) is 29.8 Å². The third-order valence-electron chi connectivity index (χ3n) is 2.86. The Morgan fingerprint density at radius 1 is 1.20 bits per heavy atom. The van der Waals surface area contributed by atoms with Gasteiger partial charge in [0.1, 0.15) is 0 Å². The quantitative estimate of drug-likeness (QED) is 0.699. The van der Waals surface area contributed by atoms with E-state index >= 15 is 0 Å². The molecule has 0 spiro atoms. The lowest BCUT2D eigenvalue weighted by Gasteiger charge is -2.18. The van der Waals surface area contributed by atoms with Gasteiger partial charge in [-0.25, -0.2) is 4.79 Å². The predicted molar refractivity (Wildman–Crippen MR) is 78.9 cm³/mol. The first-order chi connectivity index (χ1) is 9.42. The van der Waals surface area contributed by atoms with E-state index in [1.54, 1.807) is 24.3 Å². The van der Waals surface area contributed by atoms with Crippen LogP contribution in [0.2, 0.25) is 0 Å². The number of Topliss-reactive ketones (excluding diaryl/α,β-unsaturated/α-hetero) is 1. The van der Waals surface area contributed by atoms with Crippen LogP contribution in [-0.2, 0) is 0 Å². The number of amides is 2. The van der Waals surface area contributed by atoms with Gasteiger partial charge in [0.25, 0.3) is 0 Å². The Morgan fingerprint density at radius 3 is 2.25 bits per heavy atom. The fraction of sp³-hybridized carbons (Fsp3) is 0.467. The Labute approximate surface area is 119 Å². The number of carbonyl (C=O) groups is 2. The van der Waals surface area contributed by atoms with Crippen LogP contribution in [0.25, 0.3) is 0 Å². The van der Waals surface area contributed by atoms with Gasteiger partial charge in [-0.3, -0.25) is 4.79 Å². The third kappa shape index (κ3) is 5.40. The summed E-state index contributed by atoms with van der Waals surface area (Å²) in [6, 6.07) is 6.05. The number of aliphatic hydroxyl groups excluding tert-OH is 1. The van der Waals surface area contributed by atoms with E-state index in [9.17, 15) is 14.7 Å². The van der Waals surface area contributed by atoms with Crippen LogP contribution in [0, 0.1) is 5.92 Å². The van der Waals surface area contributed by atoms with Crippen LogP contribution in [0.5, 0.6) is 0 Å². The number of ketones is 1. The fourth-order valence-corrected chi connectivity index (χ4v) is 1.89. The average molecular weight is 278 g/mol. The Morgan fingerprint density at radius 2 is 1.80 bits per heavy atom. The molecule has 1 aromatic rings. The first kappa shape index (κ1) is 16.2. The maximum atomic E-state index is 11.8. The Kier molecular flexibility index (Phi) is 6.18. The van der Waals surface area contributed by atoms with Crippen LogP contribution in [0.1, 0.15) is 37.6 Å². The number of aliphatic hydroxyl groups is 1. The minimum Gasteiger partial charge on any atom is -0.394 e. The molecule has 0 bridgehead atoms. The maximum Gasteiger partial charge on any atom is 0.319 e. The molecule has 0 fully saturated rings. The molecule has 3 N–H and O–H groups in total. The summed E-state index contributed by atoms with van der Waals surface area (Å²) in [4.78, 5) is 22.9. The molecule has 0 aliphatic carbocycles. The van der Waals surface area contributed by atoms with Crippen molar-refractivity contribution in [3.8, 4) is 0 Å². The number of urea groups is 1. The molecule has 0 aromatic heterocycles. The molecule has 0 heterocycles. The van der Waals surface area contributed by atoms with Gasteiger partial charge < -0.3 is 15.7 Å². The fourth-order valence-electron chi connectivity index (χ4n) is 1.89. The molecule has 20 heavy (non-hydrogen) atoms. The monoisotopic (exact) mass is 278 g/mol. The Bertz CT molecular complexity index is 455. The molecular formula is C15H22N2O3. The first-order valence-electron chi connectivity index (χ1n) is 6.71. The topological polar surface area (TPSA) is 78.4 Å². The van der Waals surface area contributed by atoms with Crippen molar-refractivity contribution in [2.45, 2.75) is 33.2 Å². The molecule has 5 nitrogen and oxygen atoms in total. The lowest BCUT2D eigenvalue weighted by atomic mass is 10.0. The van der Waals surface area contributed by atoms with Gasteiger partial charge in [-0.15, -0.1) is 0 Å². The number of benzene rings is 1. The predicted octanol–water partition coefficient (Wildman–Crippen LogP) is 2.42. The molecule has 1 unspecified atom stereocenters. The van der Waals surface area contributed by atoms with E-state index in [4.69, 9.17) is 0 Å². The summed E-state index contributed by atoms with van der Waals surface area (Å²) in [5.74, 6) is 0.376. The van der Waals surface area contributed by atoms with E-state index in [1.807, 2.05) is 13.8 Å². The van der Waals surface area contributed by atoms with Crippen LogP contribution < -0.4 is 10.6 Å². The molecule has 1 atom stereocenters. The number of carbonyl (C=O) groups excluding carboxylic acids is 2. The molecular weight excluding hydrogens is 256 g/mol. The number of anilines is 1. The number of hydrogen-bond donors (Lipinski definition) is 3. The van der Waals surface area contributed by atoms with Crippen molar-refractivity contribution < 1.29 is 14.7 Å². The minimum atomic E-state index is -0.361. The maximum absolute atomic E-state index is 11.8. The van der Waals surface area contributed by atoms with Crippen LogP contribution in [0.3, 0.4) is 0 Å². The molecule has 0 aliphatic rings. The van der Waals surface area contributed by atoms with Crippen LogP contribution >= 0.6 is 0 Å².